The first kappa shape index (κ1) is 14.9. The topological polar surface area (TPSA) is 95.7 Å². The summed E-state index contributed by atoms with van der Waals surface area (Å²) in [6.07, 6.45) is 2.57. The van der Waals surface area contributed by atoms with Crippen molar-refractivity contribution in [3.05, 3.63) is 12.4 Å². The average molecular weight is 302 g/mol. The summed E-state index contributed by atoms with van der Waals surface area (Å²) in [6.45, 7) is 2.48. The highest BCUT2D eigenvalue weighted by atomic mass is 32.2. The van der Waals surface area contributed by atoms with Gasteiger partial charge in [0.1, 0.15) is 4.90 Å². The summed E-state index contributed by atoms with van der Waals surface area (Å²) in [5.74, 6) is -0.941. The van der Waals surface area contributed by atoms with Gasteiger partial charge in [0.25, 0.3) is 0 Å². The standard InChI is InChI=1S/C11H18N4O4S/c1-13-4-6-15(7-5-13)20(18,19)10-8-12-14(9-10)3-2-11(16)17/h8-9H,2-7H2,1H3,(H,16,17). The molecule has 0 bridgehead atoms. The van der Waals surface area contributed by atoms with Gasteiger partial charge in [-0.25, -0.2) is 8.42 Å². The van der Waals surface area contributed by atoms with Crippen molar-refractivity contribution in [1.82, 2.24) is 19.0 Å². The normalized spacial score (nSPS) is 18.2. The van der Waals surface area contributed by atoms with Crippen molar-refractivity contribution in [2.45, 2.75) is 17.9 Å². The third kappa shape index (κ3) is 3.35. The molecule has 1 saturated heterocycles. The molecule has 1 fully saturated rings. The maximum atomic E-state index is 12.4. The van der Waals surface area contributed by atoms with E-state index < -0.39 is 16.0 Å². The molecule has 1 aromatic heterocycles. The Morgan fingerprint density at radius 1 is 1.35 bits per heavy atom. The summed E-state index contributed by atoms with van der Waals surface area (Å²) >= 11 is 0. The minimum Gasteiger partial charge on any atom is -0.481 e. The highest BCUT2D eigenvalue weighted by Crippen LogP contribution is 2.16. The molecule has 0 saturated carbocycles. The fourth-order valence-corrected chi connectivity index (χ4v) is 3.37. The number of likely N-dealkylation sites (N-methyl/N-ethyl adjacent to an activating group) is 1. The molecule has 1 aliphatic heterocycles. The Bertz CT molecular complexity index is 575. The van der Waals surface area contributed by atoms with Gasteiger partial charge in [0, 0.05) is 32.4 Å². The number of hydrogen-bond acceptors (Lipinski definition) is 5. The van der Waals surface area contributed by atoms with Crippen LogP contribution >= 0.6 is 0 Å². The lowest BCUT2D eigenvalue weighted by Crippen LogP contribution is -2.46. The van der Waals surface area contributed by atoms with Crippen LogP contribution in [0, 0.1) is 0 Å². The van der Waals surface area contributed by atoms with Crippen molar-refractivity contribution in [2.24, 2.45) is 0 Å². The number of carboxylic acid groups (broad SMARTS) is 1. The lowest BCUT2D eigenvalue weighted by atomic mass is 10.4. The number of aromatic nitrogens is 2. The van der Waals surface area contributed by atoms with Gasteiger partial charge in [-0.1, -0.05) is 0 Å². The maximum absolute atomic E-state index is 12.4. The molecule has 9 heteroatoms. The number of hydrogen-bond donors (Lipinski definition) is 1. The van der Waals surface area contributed by atoms with Crippen molar-refractivity contribution in [3.63, 3.8) is 0 Å². The summed E-state index contributed by atoms with van der Waals surface area (Å²) in [7, 11) is -1.58. The van der Waals surface area contributed by atoms with Crippen LogP contribution in [0.2, 0.25) is 0 Å². The number of nitrogens with zero attached hydrogens (tertiary/aromatic N) is 4. The molecule has 0 amide bonds. The lowest BCUT2D eigenvalue weighted by Gasteiger charge is -2.31. The fraction of sp³-hybridized carbons (Fsp3) is 0.636. The van der Waals surface area contributed by atoms with Gasteiger partial charge in [0.2, 0.25) is 10.0 Å². The molecule has 1 N–H and O–H groups in total. The predicted octanol–water partition coefficient (Wildman–Crippen LogP) is -0.706. The first-order valence-corrected chi connectivity index (χ1v) is 7.76. The third-order valence-corrected chi connectivity index (χ3v) is 5.12. The minimum atomic E-state index is -3.53. The number of rotatable bonds is 5. The molecule has 0 aliphatic carbocycles. The Hall–Kier alpha value is -1.45. The Balaban J connectivity index is 2.08. The summed E-state index contributed by atoms with van der Waals surface area (Å²) in [5, 5.41) is 12.5. The van der Waals surface area contributed by atoms with Gasteiger partial charge >= 0.3 is 5.97 Å². The van der Waals surface area contributed by atoms with E-state index in [1.165, 1.54) is 21.4 Å². The van der Waals surface area contributed by atoms with Crippen LogP contribution in [-0.2, 0) is 21.4 Å². The first-order chi connectivity index (χ1) is 9.39. The Morgan fingerprint density at radius 3 is 2.60 bits per heavy atom. The van der Waals surface area contributed by atoms with Crippen molar-refractivity contribution in [1.29, 1.82) is 0 Å². The van der Waals surface area contributed by atoms with Gasteiger partial charge in [0.15, 0.2) is 0 Å². The first-order valence-electron chi connectivity index (χ1n) is 6.32. The van der Waals surface area contributed by atoms with Gasteiger partial charge in [-0.2, -0.15) is 9.40 Å². The molecule has 20 heavy (non-hydrogen) atoms. The van der Waals surface area contributed by atoms with Crippen LogP contribution in [0.15, 0.2) is 17.3 Å². The van der Waals surface area contributed by atoms with Gasteiger partial charge in [-0.3, -0.25) is 9.48 Å². The quantitative estimate of drug-likeness (QED) is 0.772. The van der Waals surface area contributed by atoms with E-state index in [-0.39, 0.29) is 17.9 Å². The Morgan fingerprint density at radius 2 is 2.00 bits per heavy atom. The largest absolute Gasteiger partial charge is 0.481 e. The summed E-state index contributed by atoms with van der Waals surface area (Å²) in [6, 6.07) is 0. The molecular formula is C11H18N4O4S. The summed E-state index contributed by atoms with van der Waals surface area (Å²) in [5.41, 5.74) is 0. The number of sulfonamides is 1. The zero-order valence-electron chi connectivity index (χ0n) is 11.3. The van der Waals surface area contributed by atoms with Crippen molar-refractivity contribution >= 4 is 16.0 Å². The lowest BCUT2D eigenvalue weighted by molar-refractivity contribution is -0.137. The number of carboxylic acids is 1. The monoisotopic (exact) mass is 302 g/mol. The molecule has 2 heterocycles. The van der Waals surface area contributed by atoms with Gasteiger partial charge < -0.3 is 10.0 Å². The Labute approximate surface area is 117 Å². The zero-order chi connectivity index (χ0) is 14.8. The summed E-state index contributed by atoms with van der Waals surface area (Å²) in [4.78, 5) is 12.7. The van der Waals surface area contributed by atoms with Crippen LogP contribution in [0.5, 0.6) is 0 Å². The predicted molar refractivity (Wildman–Crippen MR) is 70.7 cm³/mol. The number of carbonyl (C=O) groups is 1. The van der Waals surface area contributed by atoms with Crippen LogP contribution in [0.3, 0.4) is 0 Å². The van der Waals surface area contributed by atoms with Crippen LogP contribution in [-0.4, -0.2) is 71.7 Å². The molecule has 8 nitrogen and oxygen atoms in total. The molecule has 0 radical (unpaired) electrons. The van der Waals surface area contributed by atoms with Crippen LogP contribution < -0.4 is 0 Å². The van der Waals surface area contributed by atoms with Crippen molar-refractivity contribution < 1.29 is 18.3 Å². The van der Waals surface area contributed by atoms with Gasteiger partial charge in [-0.15, -0.1) is 0 Å². The van der Waals surface area contributed by atoms with Gasteiger partial charge in [-0.05, 0) is 7.05 Å². The van der Waals surface area contributed by atoms with Crippen LogP contribution in [0.1, 0.15) is 6.42 Å². The second-order valence-electron chi connectivity index (χ2n) is 4.79. The molecular weight excluding hydrogens is 284 g/mol. The number of piperazine rings is 1. The molecule has 0 atom stereocenters. The second kappa shape index (κ2) is 5.90. The third-order valence-electron chi connectivity index (χ3n) is 3.26. The fourth-order valence-electron chi connectivity index (χ4n) is 1.99. The maximum Gasteiger partial charge on any atom is 0.305 e. The highest BCUT2D eigenvalue weighted by molar-refractivity contribution is 7.89. The SMILES string of the molecule is CN1CCN(S(=O)(=O)c2cnn(CCC(=O)O)c2)CC1. The van der Waals surface area contributed by atoms with Gasteiger partial charge in [0.05, 0.1) is 19.2 Å². The molecule has 0 aromatic carbocycles. The highest BCUT2D eigenvalue weighted by Gasteiger charge is 2.28. The Kier molecular flexibility index (Phi) is 4.41. The molecule has 0 unspecified atom stereocenters. The number of aliphatic carboxylic acids is 1. The van der Waals surface area contributed by atoms with E-state index in [0.717, 1.165) is 0 Å². The van der Waals surface area contributed by atoms with E-state index >= 15 is 0 Å². The molecule has 2 rings (SSSR count). The van der Waals surface area contributed by atoms with E-state index in [1.54, 1.807) is 0 Å². The minimum absolute atomic E-state index is 0.0876. The molecule has 112 valence electrons. The second-order valence-corrected chi connectivity index (χ2v) is 6.73. The summed E-state index contributed by atoms with van der Waals surface area (Å²) < 4.78 is 27.5. The van der Waals surface area contributed by atoms with Crippen LogP contribution in [0.25, 0.3) is 0 Å². The average Bonchev–Trinajstić information content (AvgIpc) is 2.86. The molecule has 1 aromatic rings. The van der Waals surface area contributed by atoms with E-state index in [2.05, 4.69) is 10.00 Å². The molecule has 0 spiro atoms. The number of aryl methyl sites for hydroxylation is 1. The molecule has 1 aliphatic rings. The smallest absolute Gasteiger partial charge is 0.305 e. The van der Waals surface area contributed by atoms with Crippen molar-refractivity contribution in [3.8, 4) is 0 Å². The van der Waals surface area contributed by atoms with E-state index in [9.17, 15) is 13.2 Å². The van der Waals surface area contributed by atoms with E-state index in [1.807, 2.05) is 7.05 Å². The van der Waals surface area contributed by atoms with E-state index in [4.69, 9.17) is 5.11 Å². The van der Waals surface area contributed by atoms with Crippen molar-refractivity contribution in [2.75, 3.05) is 33.2 Å². The van der Waals surface area contributed by atoms with E-state index in [0.29, 0.717) is 26.2 Å². The zero-order valence-corrected chi connectivity index (χ0v) is 12.1. The van der Waals surface area contributed by atoms with Crippen LogP contribution in [0.4, 0.5) is 0 Å².